The van der Waals surface area contributed by atoms with Crippen molar-refractivity contribution in [1.82, 2.24) is 19.7 Å². The normalized spacial score (nSPS) is 16.9. The lowest BCUT2D eigenvalue weighted by atomic mass is 10.0. The van der Waals surface area contributed by atoms with E-state index in [4.69, 9.17) is 4.74 Å². The molecule has 4 rings (SSSR count). The molecule has 6 heteroatoms. The van der Waals surface area contributed by atoms with Crippen molar-refractivity contribution in [3.63, 3.8) is 0 Å². The monoisotopic (exact) mass is 335 g/mol. The molecule has 1 aliphatic heterocycles. The van der Waals surface area contributed by atoms with Crippen LogP contribution in [0.15, 0.2) is 55.1 Å². The Bertz CT molecular complexity index is 812. The lowest BCUT2D eigenvalue weighted by molar-refractivity contribution is 0.193. The molecule has 25 heavy (non-hydrogen) atoms. The molecule has 1 atom stereocenters. The van der Waals surface area contributed by atoms with Crippen molar-refractivity contribution in [1.29, 1.82) is 0 Å². The van der Waals surface area contributed by atoms with E-state index in [1.54, 1.807) is 12.5 Å². The summed E-state index contributed by atoms with van der Waals surface area (Å²) in [6.45, 7) is 3.05. The average molecular weight is 335 g/mol. The van der Waals surface area contributed by atoms with Crippen LogP contribution in [0.2, 0.25) is 0 Å². The van der Waals surface area contributed by atoms with E-state index in [0.29, 0.717) is 5.92 Å². The smallest absolute Gasteiger partial charge is 0.129 e. The fourth-order valence-electron chi connectivity index (χ4n) is 3.10. The highest BCUT2D eigenvalue weighted by Gasteiger charge is 2.19. The maximum absolute atomic E-state index is 5.46. The summed E-state index contributed by atoms with van der Waals surface area (Å²) in [5, 5.41) is 7.71. The van der Waals surface area contributed by atoms with Gasteiger partial charge in [-0.25, -0.2) is 9.97 Å². The fourth-order valence-corrected chi connectivity index (χ4v) is 3.10. The molecular formula is C19H21N5O. The molecule has 1 fully saturated rings. The zero-order valence-electron chi connectivity index (χ0n) is 14.0. The van der Waals surface area contributed by atoms with Crippen molar-refractivity contribution in [3.05, 3.63) is 71.9 Å². The third kappa shape index (κ3) is 3.85. The Morgan fingerprint density at radius 1 is 1.16 bits per heavy atom. The van der Waals surface area contributed by atoms with Crippen LogP contribution in [0.5, 0.6) is 0 Å². The predicted molar refractivity (Wildman–Crippen MR) is 95.3 cm³/mol. The largest absolute Gasteiger partial charge is 0.381 e. The van der Waals surface area contributed by atoms with Gasteiger partial charge in [-0.15, -0.1) is 0 Å². The van der Waals surface area contributed by atoms with Crippen molar-refractivity contribution < 1.29 is 4.74 Å². The Morgan fingerprint density at radius 2 is 2.08 bits per heavy atom. The molecule has 128 valence electrons. The highest BCUT2D eigenvalue weighted by Crippen LogP contribution is 2.24. The maximum atomic E-state index is 5.46. The maximum Gasteiger partial charge on any atom is 0.129 e. The molecule has 3 aromatic rings. The summed E-state index contributed by atoms with van der Waals surface area (Å²) in [5.74, 6) is 1.24. The van der Waals surface area contributed by atoms with E-state index in [2.05, 4.69) is 44.6 Å². The molecule has 1 saturated heterocycles. The van der Waals surface area contributed by atoms with Crippen LogP contribution in [0.3, 0.4) is 0 Å². The van der Waals surface area contributed by atoms with Gasteiger partial charge in [-0.2, -0.15) is 5.10 Å². The fraction of sp³-hybridized carbons (Fsp3) is 0.316. The third-order valence-electron chi connectivity index (χ3n) is 4.51. The van der Waals surface area contributed by atoms with E-state index in [9.17, 15) is 0 Å². The Labute approximate surface area is 146 Å². The minimum absolute atomic E-state index is 0.385. The SMILES string of the molecule is c1ccc(Cn2cccn2)c(CNc2cc(C3CCOC3)ncn2)c1. The van der Waals surface area contributed by atoms with Crippen LogP contribution in [0, 0.1) is 0 Å². The van der Waals surface area contributed by atoms with Gasteiger partial charge in [-0.05, 0) is 23.6 Å². The van der Waals surface area contributed by atoms with Gasteiger partial charge in [0, 0.05) is 37.5 Å². The van der Waals surface area contributed by atoms with E-state index in [1.165, 1.54) is 11.1 Å². The number of anilines is 1. The second-order valence-corrected chi connectivity index (χ2v) is 6.21. The van der Waals surface area contributed by atoms with Gasteiger partial charge in [0.2, 0.25) is 0 Å². The molecule has 0 saturated carbocycles. The molecule has 0 aliphatic carbocycles. The summed E-state index contributed by atoms with van der Waals surface area (Å²) in [6, 6.07) is 12.4. The molecule has 2 aromatic heterocycles. The Kier molecular flexibility index (Phi) is 4.70. The predicted octanol–water partition coefficient (Wildman–Crippen LogP) is 2.84. The summed E-state index contributed by atoms with van der Waals surface area (Å²) >= 11 is 0. The molecule has 0 bridgehead atoms. The van der Waals surface area contributed by atoms with E-state index in [-0.39, 0.29) is 0 Å². The van der Waals surface area contributed by atoms with Crippen LogP contribution in [-0.4, -0.2) is 33.0 Å². The first-order chi connectivity index (χ1) is 12.4. The zero-order chi connectivity index (χ0) is 16.9. The number of rotatable bonds is 6. The molecule has 1 aromatic carbocycles. The molecular weight excluding hydrogens is 314 g/mol. The average Bonchev–Trinajstić information content (AvgIpc) is 3.35. The second-order valence-electron chi connectivity index (χ2n) is 6.21. The Hall–Kier alpha value is -2.73. The highest BCUT2D eigenvalue weighted by atomic mass is 16.5. The first kappa shape index (κ1) is 15.8. The standard InChI is InChI=1S/C19H21N5O/c1-2-5-16(12-24-8-3-7-23-24)15(4-1)11-20-19-10-18(21-14-22-19)17-6-9-25-13-17/h1-5,7-8,10,14,17H,6,9,11-13H2,(H,20,21,22). The minimum Gasteiger partial charge on any atom is -0.381 e. The Morgan fingerprint density at radius 3 is 2.88 bits per heavy atom. The molecule has 1 aliphatic rings. The van der Waals surface area contributed by atoms with Gasteiger partial charge in [0.15, 0.2) is 0 Å². The van der Waals surface area contributed by atoms with Crippen molar-refractivity contribution >= 4 is 5.82 Å². The zero-order valence-corrected chi connectivity index (χ0v) is 14.0. The number of aromatic nitrogens is 4. The number of hydrogen-bond acceptors (Lipinski definition) is 5. The number of nitrogens with zero attached hydrogens (tertiary/aromatic N) is 4. The van der Waals surface area contributed by atoms with E-state index in [1.807, 2.05) is 23.0 Å². The number of benzene rings is 1. The molecule has 6 nitrogen and oxygen atoms in total. The van der Waals surface area contributed by atoms with E-state index >= 15 is 0 Å². The summed E-state index contributed by atoms with van der Waals surface area (Å²) in [6.07, 6.45) is 6.44. The molecule has 0 amide bonds. The van der Waals surface area contributed by atoms with Crippen LogP contribution in [0.25, 0.3) is 0 Å². The highest BCUT2D eigenvalue weighted by molar-refractivity contribution is 5.38. The molecule has 3 heterocycles. The van der Waals surface area contributed by atoms with Gasteiger partial charge >= 0.3 is 0 Å². The van der Waals surface area contributed by atoms with Crippen LogP contribution in [-0.2, 0) is 17.8 Å². The minimum atomic E-state index is 0.385. The summed E-state index contributed by atoms with van der Waals surface area (Å²) in [5.41, 5.74) is 3.54. The van der Waals surface area contributed by atoms with Crippen LogP contribution in [0.4, 0.5) is 5.82 Å². The molecule has 1 unspecified atom stereocenters. The van der Waals surface area contributed by atoms with Crippen LogP contribution >= 0.6 is 0 Å². The van der Waals surface area contributed by atoms with E-state index in [0.717, 1.165) is 44.2 Å². The van der Waals surface area contributed by atoms with Crippen molar-refractivity contribution in [2.24, 2.45) is 0 Å². The van der Waals surface area contributed by atoms with Crippen LogP contribution < -0.4 is 5.32 Å². The summed E-state index contributed by atoms with van der Waals surface area (Å²) in [7, 11) is 0. The van der Waals surface area contributed by atoms with Crippen LogP contribution in [0.1, 0.15) is 29.2 Å². The van der Waals surface area contributed by atoms with Gasteiger partial charge in [-0.1, -0.05) is 24.3 Å². The van der Waals surface area contributed by atoms with Gasteiger partial charge in [0.1, 0.15) is 12.1 Å². The number of hydrogen-bond donors (Lipinski definition) is 1. The first-order valence-electron chi connectivity index (χ1n) is 8.56. The van der Waals surface area contributed by atoms with Gasteiger partial charge in [0.25, 0.3) is 0 Å². The van der Waals surface area contributed by atoms with Gasteiger partial charge < -0.3 is 10.1 Å². The lowest BCUT2D eigenvalue weighted by Crippen LogP contribution is -2.09. The quantitative estimate of drug-likeness (QED) is 0.750. The summed E-state index contributed by atoms with van der Waals surface area (Å²) in [4.78, 5) is 8.75. The second kappa shape index (κ2) is 7.44. The van der Waals surface area contributed by atoms with E-state index < -0.39 is 0 Å². The third-order valence-corrected chi connectivity index (χ3v) is 4.51. The van der Waals surface area contributed by atoms with Crippen molar-refractivity contribution in [2.45, 2.75) is 25.4 Å². The summed E-state index contributed by atoms with van der Waals surface area (Å²) < 4.78 is 7.39. The number of nitrogens with one attached hydrogen (secondary N) is 1. The molecule has 0 spiro atoms. The van der Waals surface area contributed by atoms with Crippen molar-refractivity contribution in [3.8, 4) is 0 Å². The van der Waals surface area contributed by atoms with Gasteiger partial charge in [0.05, 0.1) is 18.8 Å². The first-order valence-corrected chi connectivity index (χ1v) is 8.56. The van der Waals surface area contributed by atoms with Crippen molar-refractivity contribution in [2.75, 3.05) is 18.5 Å². The molecule has 0 radical (unpaired) electrons. The topological polar surface area (TPSA) is 64.9 Å². The Balaban J connectivity index is 1.45. The molecule has 1 N–H and O–H groups in total. The van der Waals surface area contributed by atoms with Gasteiger partial charge in [-0.3, -0.25) is 4.68 Å². The lowest BCUT2D eigenvalue weighted by Gasteiger charge is -2.12. The number of ether oxygens (including phenoxy) is 1.